The van der Waals surface area contributed by atoms with Gasteiger partial charge in [0.25, 0.3) is 5.56 Å². The van der Waals surface area contributed by atoms with E-state index in [0.29, 0.717) is 5.57 Å². The summed E-state index contributed by atoms with van der Waals surface area (Å²) in [7, 11) is 1.31. The monoisotopic (exact) mass is 370 g/mol. The van der Waals surface area contributed by atoms with Gasteiger partial charge in [0.15, 0.2) is 5.76 Å². The molecule has 7 nitrogen and oxygen atoms in total. The van der Waals surface area contributed by atoms with E-state index >= 15 is 0 Å². The molecule has 0 saturated carbocycles. The zero-order chi connectivity index (χ0) is 18.4. The van der Waals surface area contributed by atoms with Gasteiger partial charge in [-0.1, -0.05) is 17.4 Å². The molecule has 2 N–H and O–H groups in total. The Morgan fingerprint density at radius 3 is 2.68 bits per heavy atom. The summed E-state index contributed by atoms with van der Waals surface area (Å²) < 4.78 is 44.0. The molecule has 0 amide bonds. The van der Waals surface area contributed by atoms with Crippen molar-refractivity contribution >= 4 is 34.0 Å². The highest BCUT2D eigenvalue weighted by molar-refractivity contribution is 7.16. The highest BCUT2D eigenvalue weighted by Gasteiger charge is 2.36. The van der Waals surface area contributed by atoms with Crippen molar-refractivity contribution in [2.45, 2.75) is 6.18 Å². The Balaban J connectivity index is 2.16. The van der Waals surface area contributed by atoms with Crippen LogP contribution in [-0.4, -0.2) is 27.5 Å². The van der Waals surface area contributed by atoms with E-state index in [1.54, 1.807) is 0 Å². The molecule has 11 heteroatoms. The largest absolute Gasteiger partial charge is 0.493 e. The van der Waals surface area contributed by atoms with Gasteiger partial charge in [-0.15, -0.1) is 5.10 Å². The standard InChI is InChI=1S/C14H9F3N4O3S/c1-24-9-5-6(2-3-8(9)22)4-7-10(18)21-13(19-11(7)23)25-12(20-21)14(15,16)17/h2-5H,18H2,1H3. The van der Waals surface area contributed by atoms with E-state index in [1.165, 1.54) is 31.4 Å². The number of ketones is 1. The van der Waals surface area contributed by atoms with Gasteiger partial charge in [0, 0.05) is 0 Å². The molecule has 0 atom stereocenters. The summed E-state index contributed by atoms with van der Waals surface area (Å²) in [4.78, 5) is 26.9. The Labute approximate surface area is 141 Å². The highest BCUT2D eigenvalue weighted by atomic mass is 32.1. The molecule has 0 radical (unpaired) electrons. The number of carbonyl (C=O) groups is 1. The van der Waals surface area contributed by atoms with E-state index in [1.807, 2.05) is 0 Å². The lowest BCUT2D eigenvalue weighted by molar-refractivity contribution is -0.138. The third kappa shape index (κ3) is 3.05. The van der Waals surface area contributed by atoms with Gasteiger partial charge in [-0.05, 0) is 23.8 Å². The molecular formula is C14H9F3N4O3S. The van der Waals surface area contributed by atoms with Crippen LogP contribution >= 0.6 is 11.3 Å². The summed E-state index contributed by atoms with van der Waals surface area (Å²) in [6.07, 6.45) is 0.648. The van der Waals surface area contributed by atoms with Crippen LogP contribution in [0.5, 0.6) is 0 Å². The minimum atomic E-state index is -4.67. The number of ether oxygens (including phenoxy) is 1. The summed E-state index contributed by atoms with van der Waals surface area (Å²) in [6.45, 7) is 0. The van der Waals surface area contributed by atoms with Gasteiger partial charge in [-0.3, -0.25) is 9.59 Å². The number of nitrogens with two attached hydrogens (primary N) is 1. The first-order chi connectivity index (χ1) is 11.7. The Bertz CT molecular complexity index is 1030. The Kier molecular flexibility index (Phi) is 3.95. The molecule has 0 unspecified atom stereocenters. The second-order valence-electron chi connectivity index (χ2n) is 4.87. The number of aromatic nitrogens is 3. The lowest BCUT2D eigenvalue weighted by Gasteiger charge is -2.08. The van der Waals surface area contributed by atoms with Gasteiger partial charge >= 0.3 is 6.18 Å². The van der Waals surface area contributed by atoms with Gasteiger partial charge in [0.1, 0.15) is 5.82 Å². The minimum absolute atomic E-state index is 0.0504. The minimum Gasteiger partial charge on any atom is -0.493 e. The number of anilines is 1. The number of nitrogen functional groups attached to an aromatic ring is 1. The van der Waals surface area contributed by atoms with Crippen LogP contribution in [0, 0.1) is 0 Å². The number of alkyl halides is 3. The van der Waals surface area contributed by atoms with E-state index in [-0.39, 0.29) is 39.2 Å². The fourth-order valence-corrected chi connectivity index (χ4v) is 2.84. The number of halogens is 3. The maximum absolute atomic E-state index is 12.8. The van der Waals surface area contributed by atoms with E-state index in [4.69, 9.17) is 10.5 Å². The quantitative estimate of drug-likeness (QED) is 0.865. The first-order valence-corrected chi connectivity index (χ1v) is 7.48. The summed E-state index contributed by atoms with van der Waals surface area (Å²) in [5.41, 5.74) is 5.25. The number of hydrogen-bond acceptors (Lipinski definition) is 7. The van der Waals surface area contributed by atoms with Crippen molar-refractivity contribution in [3.63, 3.8) is 0 Å². The lowest BCUT2D eigenvalue weighted by atomic mass is 10.0. The first-order valence-electron chi connectivity index (χ1n) is 6.67. The molecule has 3 rings (SSSR count). The molecule has 2 heterocycles. The van der Waals surface area contributed by atoms with Crippen LogP contribution < -0.4 is 11.3 Å². The van der Waals surface area contributed by atoms with Crippen molar-refractivity contribution < 1.29 is 22.7 Å². The van der Waals surface area contributed by atoms with Crippen molar-refractivity contribution in [1.29, 1.82) is 0 Å². The predicted octanol–water partition coefficient (Wildman–Crippen LogP) is 1.80. The van der Waals surface area contributed by atoms with Crippen LogP contribution in [-0.2, 0) is 15.7 Å². The van der Waals surface area contributed by atoms with E-state index in [9.17, 15) is 22.8 Å². The number of allylic oxidation sites excluding steroid dienone is 4. The molecule has 2 aromatic rings. The third-order valence-electron chi connectivity index (χ3n) is 3.23. The molecule has 0 aliphatic heterocycles. The zero-order valence-electron chi connectivity index (χ0n) is 12.5. The van der Waals surface area contributed by atoms with Crippen LogP contribution in [0.3, 0.4) is 0 Å². The van der Waals surface area contributed by atoms with Crippen LogP contribution in [0.15, 0.2) is 34.4 Å². The second kappa shape index (κ2) is 5.84. The van der Waals surface area contributed by atoms with Crippen molar-refractivity contribution in [2.24, 2.45) is 0 Å². The average Bonchev–Trinajstić information content (AvgIpc) is 2.97. The van der Waals surface area contributed by atoms with Gasteiger partial charge in [-0.2, -0.15) is 22.7 Å². The molecule has 1 aliphatic carbocycles. The van der Waals surface area contributed by atoms with E-state index in [2.05, 4.69) is 10.1 Å². The molecule has 25 heavy (non-hydrogen) atoms. The molecule has 0 spiro atoms. The fourth-order valence-electron chi connectivity index (χ4n) is 2.07. The number of hydrogen-bond donors (Lipinski definition) is 1. The number of carbonyl (C=O) groups excluding carboxylic acids is 1. The van der Waals surface area contributed by atoms with Crippen molar-refractivity contribution in [2.75, 3.05) is 12.8 Å². The van der Waals surface area contributed by atoms with Crippen LogP contribution in [0.4, 0.5) is 19.0 Å². The number of rotatable bonds is 2. The molecule has 0 bridgehead atoms. The molecule has 2 aromatic heterocycles. The predicted molar refractivity (Wildman–Crippen MR) is 83.8 cm³/mol. The van der Waals surface area contributed by atoms with Crippen LogP contribution in [0.1, 0.15) is 10.6 Å². The van der Waals surface area contributed by atoms with Crippen LogP contribution in [0.25, 0.3) is 11.0 Å². The van der Waals surface area contributed by atoms with Gasteiger partial charge in [0.2, 0.25) is 15.8 Å². The Hall–Kier alpha value is -2.95. The second-order valence-corrected chi connectivity index (χ2v) is 5.83. The van der Waals surface area contributed by atoms with Crippen LogP contribution in [0.2, 0.25) is 0 Å². The molecule has 0 saturated heterocycles. The van der Waals surface area contributed by atoms with Gasteiger partial charge < -0.3 is 10.5 Å². The third-order valence-corrected chi connectivity index (χ3v) is 4.19. The van der Waals surface area contributed by atoms with Crippen molar-refractivity contribution in [1.82, 2.24) is 14.6 Å². The summed E-state index contributed by atoms with van der Waals surface area (Å²) in [5.74, 6) is -0.589. The Morgan fingerprint density at radius 1 is 1.32 bits per heavy atom. The topological polar surface area (TPSA) is 99.6 Å². The number of methoxy groups -OCH3 is 1. The first kappa shape index (κ1) is 16.9. The maximum atomic E-state index is 12.8. The Morgan fingerprint density at radius 2 is 2.04 bits per heavy atom. The molecular weight excluding hydrogens is 361 g/mol. The fraction of sp³-hybridized carbons (Fsp3) is 0.143. The zero-order valence-corrected chi connectivity index (χ0v) is 13.3. The SMILES string of the molecule is COC1=CC(=Cc2c(N)n3nc(C(F)(F)F)sc3nc2=O)C=CC1=O. The summed E-state index contributed by atoms with van der Waals surface area (Å²) in [5, 5.41) is 2.20. The molecule has 1 aliphatic rings. The smallest absolute Gasteiger partial charge is 0.445 e. The molecule has 0 aromatic carbocycles. The van der Waals surface area contributed by atoms with E-state index in [0.717, 1.165) is 4.52 Å². The normalized spacial score (nSPS) is 16.6. The highest BCUT2D eigenvalue weighted by Crippen LogP contribution is 2.33. The molecule has 130 valence electrons. The number of fused-ring (bicyclic) bond motifs is 1. The summed E-state index contributed by atoms with van der Waals surface area (Å²) >= 11 is 0.216. The van der Waals surface area contributed by atoms with Crippen molar-refractivity contribution in [3.8, 4) is 0 Å². The molecule has 0 fully saturated rings. The van der Waals surface area contributed by atoms with Crippen molar-refractivity contribution in [3.05, 3.63) is 50.5 Å². The maximum Gasteiger partial charge on any atom is 0.445 e. The average molecular weight is 370 g/mol. The van der Waals surface area contributed by atoms with Gasteiger partial charge in [-0.25, -0.2) is 0 Å². The number of nitrogens with zero attached hydrogens (tertiary/aromatic N) is 3. The lowest BCUT2D eigenvalue weighted by Crippen LogP contribution is -2.17. The summed E-state index contributed by atoms with van der Waals surface area (Å²) in [6, 6.07) is 0. The van der Waals surface area contributed by atoms with E-state index < -0.39 is 16.7 Å². The van der Waals surface area contributed by atoms with Gasteiger partial charge in [0.05, 0.1) is 12.7 Å².